The Morgan fingerprint density at radius 1 is 1.32 bits per heavy atom. The molecule has 2 aromatic rings. The van der Waals surface area contributed by atoms with Crippen molar-refractivity contribution in [2.24, 2.45) is 0 Å². The Kier molecular flexibility index (Phi) is 4.39. The van der Waals surface area contributed by atoms with Gasteiger partial charge in [-0.1, -0.05) is 24.3 Å². The number of carboxylic acids is 1. The van der Waals surface area contributed by atoms with Crippen molar-refractivity contribution < 1.29 is 14.6 Å². The number of aromatic amines is 1. The molecule has 0 fully saturated rings. The molecule has 2 N–H and O–H groups in total. The molecule has 0 saturated heterocycles. The summed E-state index contributed by atoms with van der Waals surface area (Å²) in [5, 5.41) is 9.63. The molecule has 19 heavy (non-hydrogen) atoms. The van der Waals surface area contributed by atoms with Crippen molar-refractivity contribution in [3.63, 3.8) is 0 Å². The number of hydrogen-bond acceptors (Lipinski definition) is 2. The second-order valence-corrected chi connectivity index (χ2v) is 4.04. The molecular weight excluding hydrogens is 242 g/mol. The molecular formula is C15H15NO3. The molecule has 0 spiro atoms. The van der Waals surface area contributed by atoms with Gasteiger partial charge in [0, 0.05) is 11.2 Å². The van der Waals surface area contributed by atoms with E-state index in [1.54, 1.807) is 6.26 Å². The highest BCUT2D eigenvalue weighted by Crippen LogP contribution is 2.14. The number of carboxylic acid groups (broad SMARTS) is 1. The molecule has 0 atom stereocenters. The van der Waals surface area contributed by atoms with Gasteiger partial charge in [0.25, 0.3) is 0 Å². The predicted molar refractivity (Wildman–Crippen MR) is 73.9 cm³/mol. The Labute approximate surface area is 111 Å². The molecule has 3 rings (SSSR count). The second-order valence-electron chi connectivity index (χ2n) is 4.04. The van der Waals surface area contributed by atoms with Crippen LogP contribution in [0.4, 0.5) is 0 Å². The third kappa shape index (κ3) is 4.03. The fourth-order valence-electron chi connectivity index (χ4n) is 1.74. The van der Waals surface area contributed by atoms with Gasteiger partial charge in [-0.15, -0.1) is 0 Å². The minimum atomic E-state index is -0.813. The fraction of sp³-hybridized carbons (Fsp3) is 0.133. The van der Waals surface area contributed by atoms with Crippen LogP contribution in [-0.4, -0.2) is 22.7 Å². The minimum absolute atomic E-state index is 0.0503. The molecule has 1 aromatic heterocycles. The van der Waals surface area contributed by atoms with E-state index >= 15 is 0 Å². The Hall–Kier alpha value is -2.49. The normalized spacial score (nSPS) is 12.6. The van der Waals surface area contributed by atoms with Gasteiger partial charge in [0.1, 0.15) is 6.61 Å². The van der Waals surface area contributed by atoms with Crippen LogP contribution in [0.1, 0.15) is 5.69 Å². The van der Waals surface area contributed by atoms with Crippen LogP contribution in [0.15, 0.2) is 54.8 Å². The summed E-state index contributed by atoms with van der Waals surface area (Å²) in [6.45, 7) is 0.733. The van der Waals surface area contributed by atoms with E-state index in [-0.39, 0.29) is 6.42 Å². The van der Waals surface area contributed by atoms with Gasteiger partial charge >= 0.3 is 5.97 Å². The number of ether oxygens (including phenoxy) is 1. The third-order valence-electron chi connectivity index (χ3n) is 2.54. The van der Waals surface area contributed by atoms with Crippen molar-refractivity contribution in [2.75, 3.05) is 6.61 Å². The SMILES string of the molecule is C1=CCOC=C1.O=C(O)Cc1cc2ccccc2[nH]1. The van der Waals surface area contributed by atoms with Crippen LogP contribution in [0.2, 0.25) is 0 Å². The first kappa shape index (κ1) is 13.0. The molecule has 2 heterocycles. The van der Waals surface area contributed by atoms with E-state index in [4.69, 9.17) is 9.84 Å². The van der Waals surface area contributed by atoms with E-state index in [0.29, 0.717) is 0 Å². The second kappa shape index (κ2) is 6.44. The molecule has 4 nitrogen and oxygen atoms in total. The lowest BCUT2D eigenvalue weighted by molar-refractivity contribution is -0.136. The average molecular weight is 257 g/mol. The molecule has 0 aliphatic carbocycles. The van der Waals surface area contributed by atoms with Gasteiger partial charge in [0.05, 0.1) is 12.7 Å². The molecule has 4 heteroatoms. The van der Waals surface area contributed by atoms with E-state index in [1.807, 2.05) is 48.6 Å². The minimum Gasteiger partial charge on any atom is -0.497 e. The molecule has 0 unspecified atom stereocenters. The van der Waals surface area contributed by atoms with Gasteiger partial charge in [-0.3, -0.25) is 4.79 Å². The smallest absolute Gasteiger partial charge is 0.309 e. The van der Waals surface area contributed by atoms with E-state index in [1.165, 1.54) is 0 Å². The first-order valence-electron chi connectivity index (χ1n) is 5.97. The topological polar surface area (TPSA) is 62.3 Å². The molecule has 1 aliphatic rings. The van der Waals surface area contributed by atoms with Crippen molar-refractivity contribution in [3.05, 3.63) is 60.5 Å². The van der Waals surface area contributed by atoms with Gasteiger partial charge in [-0.05, 0) is 29.7 Å². The lowest BCUT2D eigenvalue weighted by atomic mass is 10.2. The maximum absolute atomic E-state index is 10.4. The van der Waals surface area contributed by atoms with Crippen LogP contribution in [0.3, 0.4) is 0 Å². The summed E-state index contributed by atoms with van der Waals surface area (Å²) in [4.78, 5) is 13.5. The Balaban J connectivity index is 0.000000186. The van der Waals surface area contributed by atoms with E-state index in [9.17, 15) is 4.79 Å². The summed E-state index contributed by atoms with van der Waals surface area (Å²) in [5.41, 5.74) is 1.73. The number of aromatic nitrogens is 1. The maximum atomic E-state index is 10.4. The summed E-state index contributed by atoms with van der Waals surface area (Å²) in [6, 6.07) is 9.60. The summed E-state index contributed by atoms with van der Waals surface area (Å²) >= 11 is 0. The number of rotatable bonds is 2. The molecule has 0 radical (unpaired) electrons. The van der Waals surface area contributed by atoms with Gasteiger partial charge in [-0.2, -0.15) is 0 Å². The van der Waals surface area contributed by atoms with Crippen molar-refractivity contribution in [1.29, 1.82) is 0 Å². The lowest BCUT2D eigenvalue weighted by Crippen LogP contribution is -1.99. The zero-order valence-electron chi connectivity index (χ0n) is 10.4. The number of H-pyrrole nitrogens is 1. The van der Waals surface area contributed by atoms with Crippen molar-refractivity contribution in [2.45, 2.75) is 6.42 Å². The zero-order chi connectivity index (χ0) is 13.5. The number of nitrogens with one attached hydrogen (secondary N) is 1. The van der Waals surface area contributed by atoms with E-state index in [0.717, 1.165) is 23.2 Å². The Morgan fingerprint density at radius 3 is 2.68 bits per heavy atom. The molecule has 1 aliphatic heterocycles. The van der Waals surface area contributed by atoms with Crippen LogP contribution in [0.5, 0.6) is 0 Å². The Morgan fingerprint density at radius 2 is 2.16 bits per heavy atom. The van der Waals surface area contributed by atoms with E-state index < -0.39 is 5.97 Å². The predicted octanol–water partition coefficient (Wildman–Crippen LogP) is 2.88. The van der Waals surface area contributed by atoms with Crippen LogP contribution in [0.25, 0.3) is 10.9 Å². The van der Waals surface area contributed by atoms with Crippen molar-refractivity contribution in [1.82, 2.24) is 4.98 Å². The van der Waals surface area contributed by atoms with Crippen LogP contribution >= 0.6 is 0 Å². The molecule has 98 valence electrons. The summed E-state index contributed by atoms with van der Waals surface area (Å²) in [7, 11) is 0. The number of hydrogen-bond donors (Lipinski definition) is 2. The average Bonchev–Trinajstić information content (AvgIpc) is 2.82. The highest BCUT2D eigenvalue weighted by Gasteiger charge is 2.03. The van der Waals surface area contributed by atoms with Crippen molar-refractivity contribution >= 4 is 16.9 Å². The first-order valence-corrected chi connectivity index (χ1v) is 5.97. The standard InChI is InChI=1S/C10H9NO2.C5H6O/c12-10(13)6-8-5-7-3-1-2-4-9(7)11-8;1-2-4-6-5-3-1/h1-5,11H,6H2,(H,12,13);1-4H,5H2. The summed E-state index contributed by atoms with van der Waals surface area (Å²) in [6.07, 6.45) is 7.52. The van der Waals surface area contributed by atoms with Gasteiger partial charge in [0.15, 0.2) is 0 Å². The summed E-state index contributed by atoms with van der Waals surface area (Å²) < 4.78 is 4.80. The van der Waals surface area contributed by atoms with Crippen molar-refractivity contribution in [3.8, 4) is 0 Å². The number of para-hydroxylation sites is 1. The third-order valence-corrected chi connectivity index (χ3v) is 2.54. The maximum Gasteiger partial charge on any atom is 0.309 e. The number of benzene rings is 1. The number of carbonyl (C=O) groups is 1. The number of aliphatic carboxylic acids is 1. The highest BCUT2D eigenvalue weighted by molar-refractivity contribution is 5.82. The monoisotopic (exact) mass is 257 g/mol. The molecule has 1 aromatic carbocycles. The molecule has 0 bridgehead atoms. The number of fused-ring (bicyclic) bond motifs is 1. The first-order chi connectivity index (χ1) is 9.25. The van der Waals surface area contributed by atoms with Gasteiger partial charge in [-0.25, -0.2) is 0 Å². The van der Waals surface area contributed by atoms with Crippen LogP contribution in [0, 0.1) is 0 Å². The molecule has 0 saturated carbocycles. The largest absolute Gasteiger partial charge is 0.497 e. The molecule has 0 amide bonds. The van der Waals surface area contributed by atoms with Crippen LogP contribution in [-0.2, 0) is 16.0 Å². The summed E-state index contributed by atoms with van der Waals surface area (Å²) in [5.74, 6) is -0.813. The van der Waals surface area contributed by atoms with E-state index in [2.05, 4.69) is 4.98 Å². The Bertz CT molecular complexity index is 566. The van der Waals surface area contributed by atoms with Gasteiger partial charge < -0.3 is 14.8 Å². The van der Waals surface area contributed by atoms with Crippen LogP contribution < -0.4 is 0 Å². The fourth-order valence-corrected chi connectivity index (χ4v) is 1.74. The van der Waals surface area contributed by atoms with Gasteiger partial charge in [0.2, 0.25) is 0 Å². The lowest BCUT2D eigenvalue weighted by Gasteiger charge is -1.94. The highest BCUT2D eigenvalue weighted by atomic mass is 16.5. The zero-order valence-corrected chi connectivity index (χ0v) is 10.4. The number of allylic oxidation sites excluding steroid dienone is 2. The quantitative estimate of drug-likeness (QED) is 0.869.